The van der Waals surface area contributed by atoms with Gasteiger partial charge < -0.3 is 19.8 Å². The molecule has 0 aliphatic carbocycles. The molecule has 0 unspecified atom stereocenters. The lowest BCUT2D eigenvalue weighted by Gasteiger charge is -2.17. The first kappa shape index (κ1) is 26.6. The van der Waals surface area contributed by atoms with E-state index in [1.54, 1.807) is 4.57 Å². The van der Waals surface area contributed by atoms with E-state index in [1.807, 2.05) is 18.2 Å². The van der Waals surface area contributed by atoms with Gasteiger partial charge in [-0.15, -0.1) is 0 Å². The number of methoxy groups -OCH3 is 1. The molecule has 5 heteroatoms. The number of benzene rings is 1. The third-order valence-corrected chi connectivity index (χ3v) is 5.89. The van der Waals surface area contributed by atoms with Gasteiger partial charge in [-0.05, 0) is 64.3 Å². The van der Waals surface area contributed by atoms with Gasteiger partial charge in [0.25, 0.3) is 5.56 Å². The van der Waals surface area contributed by atoms with E-state index in [0.29, 0.717) is 24.6 Å². The average molecular weight is 455 g/mol. The molecule has 1 heterocycles. The Morgan fingerprint density at radius 1 is 1.03 bits per heavy atom. The van der Waals surface area contributed by atoms with Crippen molar-refractivity contribution in [3.05, 3.63) is 51.9 Å². The highest BCUT2D eigenvalue weighted by Crippen LogP contribution is 2.34. The number of anilines is 1. The second kappa shape index (κ2) is 13.8. The molecule has 2 aromatic rings. The van der Waals surface area contributed by atoms with Crippen LogP contribution in [0.1, 0.15) is 79.1 Å². The van der Waals surface area contributed by atoms with E-state index >= 15 is 0 Å². The molecule has 0 bridgehead atoms. The minimum Gasteiger partial charge on any atom is -0.488 e. The highest BCUT2D eigenvalue weighted by molar-refractivity contribution is 5.90. The molecule has 2 N–H and O–H groups in total. The fraction of sp³-hybridized carbons (Fsp3) is 0.536. The first-order valence-corrected chi connectivity index (χ1v) is 12.3. The van der Waals surface area contributed by atoms with Gasteiger partial charge in [0, 0.05) is 17.6 Å². The van der Waals surface area contributed by atoms with E-state index in [2.05, 4.69) is 39.8 Å². The van der Waals surface area contributed by atoms with Crippen molar-refractivity contribution < 1.29 is 9.47 Å². The molecule has 182 valence electrons. The smallest absolute Gasteiger partial charge is 0.297 e. The summed E-state index contributed by atoms with van der Waals surface area (Å²) in [6.45, 7) is 9.58. The number of unbranched alkanes of at least 4 members (excludes halogenated alkanes) is 5. The highest BCUT2D eigenvalue weighted by Gasteiger charge is 2.19. The van der Waals surface area contributed by atoms with E-state index in [0.717, 1.165) is 36.6 Å². The zero-order valence-electron chi connectivity index (χ0n) is 21.2. The van der Waals surface area contributed by atoms with Crippen LogP contribution in [0.15, 0.2) is 46.3 Å². The Balaban J connectivity index is 2.26. The molecule has 0 aliphatic heterocycles. The van der Waals surface area contributed by atoms with Gasteiger partial charge in [-0.3, -0.25) is 4.79 Å². The Hall–Kier alpha value is -2.69. The number of rotatable bonds is 14. The fourth-order valence-electron chi connectivity index (χ4n) is 3.97. The van der Waals surface area contributed by atoms with Gasteiger partial charge in [-0.1, -0.05) is 56.3 Å². The van der Waals surface area contributed by atoms with Crippen LogP contribution in [0.2, 0.25) is 0 Å². The average Bonchev–Trinajstić information content (AvgIpc) is 2.77. The van der Waals surface area contributed by atoms with Crippen molar-refractivity contribution in [1.29, 1.82) is 0 Å². The number of pyridine rings is 1. The highest BCUT2D eigenvalue weighted by atomic mass is 16.5. The van der Waals surface area contributed by atoms with Crippen molar-refractivity contribution in [3.8, 4) is 11.5 Å². The van der Waals surface area contributed by atoms with Crippen LogP contribution in [0.25, 0.3) is 10.9 Å². The summed E-state index contributed by atoms with van der Waals surface area (Å²) in [6.07, 6.45) is 13.3. The van der Waals surface area contributed by atoms with Crippen molar-refractivity contribution in [2.75, 3.05) is 19.5 Å². The predicted octanol–water partition coefficient (Wildman–Crippen LogP) is 7.02. The summed E-state index contributed by atoms with van der Waals surface area (Å²) in [4.78, 5) is 13.3. The molecule has 1 aromatic heterocycles. The van der Waals surface area contributed by atoms with Crippen LogP contribution >= 0.6 is 0 Å². The summed E-state index contributed by atoms with van der Waals surface area (Å²) in [6, 6.07) is 5.63. The van der Waals surface area contributed by atoms with E-state index in [4.69, 9.17) is 15.2 Å². The molecule has 33 heavy (non-hydrogen) atoms. The Bertz CT molecular complexity index is 1010. The number of allylic oxidation sites excluding steroid dienone is 3. The van der Waals surface area contributed by atoms with Crippen LogP contribution in [0, 0.1) is 0 Å². The van der Waals surface area contributed by atoms with Gasteiger partial charge in [0.15, 0.2) is 5.75 Å². The first-order valence-electron chi connectivity index (χ1n) is 12.3. The molecule has 0 spiro atoms. The molecule has 0 radical (unpaired) electrons. The molecule has 0 fully saturated rings. The normalized spacial score (nSPS) is 11.6. The molecule has 0 amide bonds. The largest absolute Gasteiger partial charge is 0.488 e. The van der Waals surface area contributed by atoms with Crippen LogP contribution in [-0.4, -0.2) is 18.3 Å². The lowest BCUT2D eigenvalue weighted by Crippen LogP contribution is -2.23. The molecule has 0 atom stereocenters. The zero-order chi connectivity index (χ0) is 24.2. The van der Waals surface area contributed by atoms with Gasteiger partial charge in [0.05, 0.1) is 12.6 Å². The standard InChI is InChI=1S/C28H42N2O3/c1-6-7-8-9-10-11-18-30-25-20-23(29)15-16-24(25)26(27(32-5)28(30)31)33-19-17-22(4)14-12-13-21(2)3/h13,15-17,20H,6-12,14,18-19,29H2,1-5H3. The molecule has 0 saturated carbocycles. The van der Waals surface area contributed by atoms with Crippen LogP contribution in [0.4, 0.5) is 5.69 Å². The third-order valence-electron chi connectivity index (χ3n) is 5.89. The number of aryl methyl sites for hydroxylation is 1. The van der Waals surface area contributed by atoms with Gasteiger partial charge >= 0.3 is 0 Å². The molecule has 0 saturated heterocycles. The van der Waals surface area contributed by atoms with Crippen LogP contribution in [0.3, 0.4) is 0 Å². The number of ether oxygens (including phenoxy) is 2. The van der Waals surface area contributed by atoms with Crippen LogP contribution in [-0.2, 0) is 6.54 Å². The second-order valence-corrected chi connectivity index (χ2v) is 9.05. The van der Waals surface area contributed by atoms with Crippen LogP contribution < -0.4 is 20.8 Å². The lowest BCUT2D eigenvalue weighted by atomic mass is 10.1. The van der Waals surface area contributed by atoms with Crippen molar-refractivity contribution in [2.45, 2.75) is 85.6 Å². The van der Waals surface area contributed by atoms with Crippen molar-refractivity contribution in [1.82, 2.24) is 4.57 Å². The zero-order valence-corrected chi connectivity index (χ0v) is 21.2. The van der Waals surface area contributed by atoms with E-state index < -0.39 is 0 Å². The van der Waals surface area contributed by atoms with Gasteiger partial charge in [-0.25, -0.2) is 0 Å². The molecule has 2 rings (SSSR count). The Morgan fingerprint density at radius 2 is 1.76 bits per heavy atom. The van der Waals surface area contributed by atoms with Crippen molar-refractivity contribution in [3.63, 3.8) is 0 Å². The monoisotopic (exact) mass is 454 g/mol. The number of fused-ring (bicyclic) bond motifs is 1. The summed E-state index contributed by atoms with van der Waals surface area (Å²) < 4.78 is 13.4. The number of aromatic nitrogens is 1. The molecular formula is C28H42N2O3. The van der Waals surface area contributed by atoms with E-state index in [1.165, 1.54) is 43.9 Å². The van der Waals surface area contributed by atoms with Gasteiger partial charge in [0.1, 0.15) is 6.61 Å². The third kappa shape index (κ3) is 7.99. The molecular weight excluding hydrogens is 412 g/mol. The summed E-state index contributed by atoms with van der Waals surface area (Å²) in [5, 5.41) is 0.849. The second-order valence-electron chi connectivity index (χ2n) is 9.05. The number of hydrogen-bond donors (Lipinski definition) is 1. The number of hydrogen-bond acceptors (Lipinski definition) is 4. The minimum absolute atomic E-state index is 0.164. The maximum atomic E-state index is 13.3. The van der Waals surface area contributed by atoms with Crippen molar-refractivity contribution >= 4 is 16.6 Å². The van der Waals surface area contributed by atoms with Crippen molar-refractivity contribution in [2.24, 2.45) is 0 Å². The summed E-state index contributed by atoms with van der Waals surface area (Å²) >= 11 is 0. The van der Waals surface area contributed by atoms with Gasteiger partial charge in [0.2, 0.25) is 5.75 Å². The lowest BCUT2D eigenvalue weighted by molar-refractivity contribution is 0.324. The number of nitrogen functional groups attached to an aromatic ring is 1. The number of nitrogens with two attached hydrogens (primary N) is 1. The quantitative estimate of drug-likeness (QED) is 0.189. The molecule has 0 aliphatic rings. The van der Waals surface area contributed by atoms with Gasteiger partial charge in [-0.2, -0.15) is 0 Å². The predicted molar refractivity (Wildman–Crippen MR) is 140 cm³/mol. The summed E-state index contributed by atoms with van der Waals surface area (Å²) in [7, 11) is 1.53. The summed E-state index contributed by atoms with van der Waals surface area (Å²) in [5.41, 5.74) is 9.93. The topological polar surface area (TPSA) is 66.5 Å². The van der Waals surface area contributed by atoms with E-state index in [9.17, 15) is 4.79 Å². The van der Waals surface area contributed by atoms with Crippen LogP contribution in [0.5, 0.6) is 11.5 Å². The fourth-order valence-corrected chi connectivity index (χ4v) is 3.97. The number of nitrogens with zero attached hydrogens (tertiary/aromatic N) is 1. The molecule has 1 aromatic carbocycles. The first-order chi connectivity index (χ1) is 15.9. The minimum atomic E-state index is -0.164. The Kier molecular flexibility index (Phi) is 11.1. The Labute approximate surface area is 199 Å². The maximum absolute atomic E-state index is 13.3. The van der Waals surface area contributed by atoms with E-state index in [-0.39, 0.29) is 11.3 Å². The maximum Gasteiger partial charge on any atom is 0.297 e. The SMILES string of the molecule is CCCCCCCCn1c(=O)c(OC)c(OCC=C(C)CCC=C(C)C)c2ccc(N)cc21. The Morgan fingerprint density at radius 3 is 2.45 bits per heavy atom. The summed E-state index contributed by atoms with van der Waals surface area (Å²) in [5.74, 6) is 0.749. The molecule has 5 nitrogen and oxygen atoms in total.